The van der Waals surface area contributed by atoms with Gasteiger partial charge in [0.1, 0.15) is 10.6 Å². The molecule has 0 atom stereocenters. The van der Waals surface area contributed by atoms with Gasteiger partial charge >= 0.3 is 5.97 Å². The van der Waals surface area contributed by atoms with Gasteiger partial charge in [0, 0.05) is 10.6 Å². The number of carbonyl (C=O) groups is 1. The van der Waals surface area contributed by atoms with Crippen LogP contribution >= 0.6 is 23.1 Å². The summed E-state index contributed by atoms with van der Waals surface area (Å²) in [6.45, 7) is 5.71. The molecular weight excluding hydrogens is 270 g/mol. The van der Waals surface area contributed by atoms with Crippen molar-refractivity contribution >= 4 is 29.1 Å². The smallest absolute Gasteiger partial charge is 0.345 e. The number of rotatable bonds is 4. The average Bonchev–Trinajstić information content (AvgIpc) is 2.81. The van der Waals surface area contributed by atoms with Crippen LogP contribution in [0.4, 0.5) is 0 Å². The molecule has 2 aromatic rings. The van der Waals surface area contributed by atoms with Crippen LogP contribution in [0.2, 0.25) is 0 Å². The third kappa shape index (κ3) is 2.76. The summed E-state index contributed by atoms with van der Waals surface area (Å²) in [7, 11) is 0. The summed E-state index contributed by atoms with van der Waals surface area (Å²) >= 11 is 2.79. The molecule has 6 heteroatoms. The Kier molecular flexibility index (Phi) is 3.77. The van der Waals surface area contributed by atoms with Crippen molar-refractivity contribution in [3.8, 4) is 0 Å². The molecule has 18 heavy (non-hydrogen) atoms. The second-order valence-corrected chi connectivity index (χ2v) is 6.09. The van der Waals surface area contributed by atoms with Crippen molar-refractivity contribution in [3.05, 3.63) is 32.8 Å². The van der Waals surface area contributed by atoms with Crippen LogP contribution in [0.1, 0.15) is 31.6 Å². The highest BCUT2D eigenvalue weighted by Gasteiger charge is 2.13. The number of hydrogen-bond acceptors (Lipinski definition) is 5. The average molecular weight is 283 g/mol. The van der Waals surface area contributed by atoms with Gasteiger partial charge in [-0.1, -0.05) is 11.8 Å². The Bertz CT molecular complexity index is 567. The Labute approximate surface area is 113 Å². The minimum absolute atomic E-state index is 0.378. The molecule has 0 aliphatic heterocycles. The van der Waals surface area contributed by atoms with E-state index >= 15 is 0 Å². The number of aryl methyl sites for hydroxylation is 3. The fourth-order valence-corrected chi connectivity index (χ4v) is 3.35. The SMILES string of the molecule is Cc1nc(SCc2cc(C(=O)O)sc2C)oc1C. The van der Waals surface area contributed by atoms with Gasteiger partial charge in [0.15, 0.2) is 0 Å². The molecule has 0 aliphatic rings. The molecule has 0 fully saturated rings. The van der Waals surface area contributed by atoms with E-state index in [0.29, 0.717) is 15.9 Å². The number of thiophene rings is 1. The predicted molar refractivity (Wildman–Crippen MR) is 71.6 cm³/mol. The van der Waals surface area contributed by atoms with E-state index in [9.17, 15) is 4.79 Å². The first-order valence-corrected chi connectivity index (χ1v) is 7.17. The van der Waals surface area contributed by atoms with E-state index in [2.05, 4.69) is 4.98 Å². The summed E-state index contributed by atoms with van der Waals surface area (Å²) in [5, 5.41) is 9.55. The van der Waals surface area contributed by atoms with Crippen molar-refractivity contribution in [3.63, 3.8) is 0 Å². The van der Waals surface area contributed by atoms with Gasteiger partial charge in [0.2, 0.25) is 0 Å². The highest BCUT2D eigenvalue weighted by Crippen LogP contribution is 2.29. The number of carboxylic acids is 1. The molecule has 0 unspecified atom stereocenters. The second kappa shape index (κ2) is 5.16. The maximum atomic E-state index is 10.9. The minimum Gasteiger partial charge on any atom is -0.477 e. The highest BCUT2D eigenvalue weighted by molar-refractivity contribution is 7.98. The molecule has 0 bridgehead atoms. The first kappa shape index (κ1) is 13.2. The maximum Gasteiger partial charge on any atom is 0.345 e. The van der Waals surface area contributed by atoms with Gasteiger partial charge in [-0.2, -0.15) is 0 Å². The largest absolute Gasteiger partial charge is 0.477 e. The number of aromatic nitrogens is 1. The summed E-state index contributed by atoms with van der Waals surface area (Å²) in [5.74, 6) is 0.627. The Morgan fingerprint density at radius 1 is 1.50 bits per heavy atom. The Morgan fingerprint density at radius 2 is 2.22 bits per heavy atom. The van der Waals surface area contributed by atoms with Crippen LogP contribution in [0.3, 0.4) is 0 Å². The predicted octanol–water partition coefficient (Wildman–Crippen LogP) is 3.65. The van der Waals surface area contributed by atoms with Crippen LogP contribution in [-0.2, 0) is 5.75 Å². The van der Waals surface area contributed by atoms with Crippen molar-refractivity contribution in [2.45, 2.75) is 31.7 Å². The lowest BCUT2D eigenvalue weighted by Crippen LogP contribution is -1.90. The van der Waals surface area contributed by atoms with Crippen LogP contribution in [0.25, 0.3) is 0 Å². The lowest BCUT2D eigenvalue weighted by atomic mass is 10.3. The number of thioether (sulfide) groups is 1. The van der Waals surface area contributed by atoms with Gasteiger partial charge in [-0.05, 0) is 32.4 Å². The number of oxazole rings is 1. The molecule has 0 spiro atoms. The van der Waals surface area contributed by atoms with E-state index in [4.69, 9.17) is 9.52 Å². The van der Waals surface area contributed by atoms with Crippen molar-refractivity contribution in [1.82, 2.24) is 4.98 Å². The maximum absolute atomic E-state index is 10.9. The van der Waals surface area contributed by atoms with Crippen molar-refractivity contribution in [2.75, 3.05) is 0 Å². The molecule has 0 amide bonds. The summed E-state index contributed by atoms with van der Waals surface area (Å²) in [4.78, 5) is 16.5. The number of nitrogens with zero attached hydrogens (tertiary/aromatic N) is 1. The summed E-state index contributed by atoms with van der Waals surface area (Å²) in [6, 6.07) is 1.72. The van der Waals surface area contributed by atoms with Gasteiger partial charge in [-0.3, -0.25) is 0 Å². The van der Waals surface area contributed by atoms with E-state index in [1.807, 2.05) is 20.8 Å². The van der Waals surface area contributed by atoms with Gasteiger partial charge in [0.25, 0.3) is 5.22 Å². The number of aromatic carboxylic acids is 1. The minimum atomic E-state index is -0.873. The summed E-state index contributed by atoms with van der Waals surface area (Å²) in [6.07, 6.45) is 0. The quantitative estimate of drug-likeness (QED) is 0.868. The first-order valence-electron chi connectivity index (χ1n) is 5.37. The Hall–Kier alpha value is -1.27. The third-order valence-corrected chi connectivity index (χ3v) is 4.55. The van der Waals surface area contributed by atoms with E-state index in [1.54, 1.807) is 6.07 Å². The van der Waals surface area contributed by atoms with Crippen LogP contribution in [0.15, 0.2) is 15.7 Å². The Balaban J connectivity index is 2.08. The summed E-state index contributed by atoms with van der Waals surface area (Å²) in [5.41, 5.74) is 1.92. The van der Waals surface area contributed by atoms with E-state index in [0.717, 1.165) is 21.9 Å². The molecule has 0 aromatic carbocycles. The normalized spacial score (nSPS) is 10.8. The molecule has 1 N–H and O–H groups in total. The lowest BCUT2D eigenvalue weighted by Gasteiger charge is -1.95. The molecule has 2 rings (SSSR count). The lowest BCUT2D eigenvalue weighted by molar-refractivity contribution is 0.0702. The standard InChI is InChI=1S/C12H13NO3S2/c1-6-7(2)16-12(13-6)17-5-9-4-10(11(14)15)18-8(9)3/h4H,5H2,1-3H3,(H,14,15). The van der Waals surface area contributed by atoms with Gasteiger partial charge in [0.05, 0.1) is 5.69 Å². The van der Waals surface area contributed by atoms with Gasteiger partial charge < -0.3 is 9.52 Å². The molecule has 96 valence electrons. The molecule has 2 heterocycles. The first-order chi connectivity index (χ1) is 8.47. The molecule has 2 aromatic heterocycles. The van der Waals surface area contributed by atoms with Crippen LogP contribution in [0, 0.1) is 20.8 Å². The van der Waals surface area contributed by atoms with Crippen LogP contribution in [-0.4, -0.2) is 16.1 Å². The van der Waals surface area contributed by atoms with E-state index in [-0.39, 0.29) is 0 Å². The zero-order valence-electron chi connectivity index (χ0n) is 10.3. The second-order valence-electron chi connectivity index (χ2n) is 3.91. The third-order valence-electron chi connectivity index (χ3n) is 2.59. The molecule has 0 radical (unpaired) electrons. The topological polar surface area (TPSA) is 63.3 Å². The molecule has 0 aliphatic carbocycles. The van der Waals surface area contributed by atoms with Crippen LogP contribution in [0.5, 0.6) is 0 Å². The van der Waals surface area contributed by atoms with E-state index < -0.39 is 5.97 Å². The number of carboxylic acid groups (broad SMARTS) is 1. The zero-order chi connectivity index (χ0) is 13.3. The van der Waals surface area contributed by atoms with E-state index in [1.165, 1.54) is 23.1 Å². The fraction of sp³-hybridized carbons (Fsp3) is 0.333. The molecule has 0 saturated heterocycles. The molecular formula is C12H13NO3S2. The Morgan fingerprint density at radius 3 is 2.72 bits per heavy atom. The number of hydrogen-bond donors (Lipinski definition) is 1. The van der Waals surface area contributed by atoms with Crippen molar-refractivity contribution < 1.29 is 14.3 Å². The van der Waals surface area contributed by atoms with Gasteiger partial charge in [-0.25, -0.2) is 9.78 Å². The highest BCUT2D eigenvalue weighted by atomic mass is 32.2. The van der Waals surface area contributed by atoms with Crippen LogP contribution < -0.4 is 0 Å². The molecule has 4 nitrogen and oxygen atoms in total. The molecule has 0 saturated carbocycles. The van der Waals surface area contributed by atoms with Gasteiger partial charge in [-0.15, -0.1) is 11.3 Å². The summed E-state index contributed by atoms with van der Waals surface area (Å²) < 4.78 is 5.47. The van der Waals surface area contributed by atoms with Crippen molar-refractivity contribution in [2.24, 2.45) is 0 Å². The van der Waals surface area contributed by atoms with Crippen molar-refractivity contribution in [1.29, 1.82) is 0 Å². The fourth-order valence-electron chi connectivity index (χ4n) is 1.41. The monoisotopic (exact) mass is 283 g/mol. The zero-order valence-corrected chi connectivity index (χ0v) is 11.9.